The van der Waals surface area contributed by atoms with Gasteiger partial charge < -0.3 is 10.4 Å². The molecule has 1 aromatic heterocycles. The summed E-state index contributed by atoms with van der Waals surface area (Å²) in [7, 11) is 0. The maximum absolute atomic E-state index is 12.6. The average Bonchev–Trinajstić information content (AvgIpc) is 2.95. The van der Waals surface area contributed by atoms with Crippen molar-refractivity contribution in [2.24, 2.45) is 0 Å². The van der Waals surface area contributed by atoms with Crippen LogP contribution in [0.1, 0.15) is 68.9 Å². The topological polar surface area (TPSA) is 90.9 Å². The average molecular weight is 330 g/mol. The van der Waals surface area contributed by atoms with Crippen molar-refractivity contribution in [2.45, 2.75) is 58.9 Å². The van der Waals surface area contributed by atoms with Crippen LogP contribution < -0.4 is 5.32 Å². The Morgan fingerprint density at radius 2 is 1.67 bits per heavy atom. The number of phenolic OH excluding ortho intramolecular Hbond substituents is 1. The molecule has 1 aromatic carbocycles. The molecule has 1 heterocycles. The van der Waals surface area contributed by atoms with Crippen LogP contribution in [0.3, 0.4) is 0 Å². The number of aromatic hydroxyl groups is 1. The van der Waals surface area contributed by atoms with Gasteiger partial charge in [0, 0.05) is 16.7 Å². The molecule has 0 aliphatic carbocycles. The minimum absolute atomic E-state index is 0.206. The zero-order valence-corrected chi connectivity index (χ0v) is 15.2. The van der Waals surface area contributed by atoms with Gasteiger partial charge in [0.2, 0.25) is 0 Å². The number of nitrogens with one attached hydrogen (secondary N) is 2. The Bertz CT molecular complexity index is 687. The molecule has 0 bridgehead atoms. The third-order valence-corrected chi connectivity index (χ3v) is 3.87. The number of carbonyl (C=O) groups excluding carboxylic acids is 1. The maximum Gasteiger partial charge on any atom is 0.251 e. The van der Waals surface area contributed by atoms with Gasteiger partial charge >= 0.3 is 0 Å². The van der Waals surface area contributed by atoms with Gasteiger partial charge in [0.25, 0.3) is 5.91 Å². The molecule has 0 fully saturated rings. The first-order chi connectivity index (χ1) is 11.0. The number of phenols is 1. The number of nitrogens with zero attached hydrogens (tertiary/aromatic N) is 2. The lowest BCUT2D eigenvalue weighted by molar-refractivity contribution is 0.0949. The van der Waals surface area contributed by atoms with Crippen molar-refractivity contribution in [1.29, 1.82) is 0 Å². The summed E-state index contributed by atoms with van der Waals surface area (Å²) in [6.45, 7) is 12.4. The van der Waals surface area contributed by atoms with E-state index in [0.717, 1.165) is 11.1 Å². The number of hydrogen-bond donors (Lipinski definition) is 3. The number of benzene rings is 1. The van der Waals surface area contributed by atoms with E-state index >= 15 is 0 Å². The van der Waals surface area contributed by atoms with Crippen molar-refractivity contribution in [3.05, 3.63) is 41.0 Å². The molecule has 0 saturated heterocycles. The zero-order valence-electron chi connectivity index (χ0n) is 15.2. The Balaban J connectivity index is 2.40. The summed E-state index contributed by atoms with van der Waals surface area (Å²) in [6, 6.07) is 3.53. The highest BCUT2D eigenvalue weighted by Gasteiger charge is 2.27. The highest BCUT2D eigenvalue weighted by molar-refractivity contribution is 5.95. The SMILES string of the molecule is CC(C)(C)c1cc(C(=O)NCc2ncn[nH]2)cc(C(C)(C)C)c1O. The molecule has 0 aliphatic heterocycles. The van der Waals surface area contributed by atoms with Crippen LogP contribution in [-0.2, 0) is 17.4 Å². The number of rotatable bonds is 3. The van der Waals surface area contributed by atoms with E-state index in [-0.39, 0.29) is 29.0 Å². The molecular weight excluding hydrogens is 304 g/mol. The molecule has 0 unspecified atom stereocenters. The van der Waals surface area contributed by atoms with E-state index in [1.807, 2.05) is 41.5 Å². The van der Waals surface area contributed by atoms with Gasteiger partial charge in [-0.25, -0.2) is 4.98 Å². The number of carbonyl (C=O) groups is 1. The highest BCUT2D eigenvalue weighted by Crippen LogP contribution is 2.39. The fourth-order valence-electron chi connectivity index (χ4n) is 2.49. The molecule has 0 spiro atoms. The van der Waals surface area contributed by atoms with Crippen LogP contribution >= 0.6 is 0 Å². The number of amides is 1. The lowest BCUT2D eigenvalue weighted by Crippen LogP contribution is -2.25. The number of aromatic nitrogens is 3. The minimum atomic E-state index is -0.273. The predicted octanol–water partition coefficient (Wildman–Crippen LogP) is 3.04. The Labute approximate surface area is 142 Å². The van der Waals surface area contributed by atoms with E-state index in [1.54, 1.807) is 12.1 Å². The first-order valence-electron chi connectivity index (χ1n) is 8.00. The maximum atomic E-state index is 12.6. The normalized spacial score (nSPS) is 12.2. The van der Waals surface area contributed by atoms with E-state index in [1.165, 1.54) is 6.33 Å². The monoisotopic (exact) mass is 330 g/mol. The van der Waals surface area contributed by atoms with Gasteiger partial charge in [0.1, 0.15) is 17.9 Å². The van der Waals surface area contributed by atoms with Gasteiger partial charge in [-0.15, -0.1) is 0 Å². The van der Waals surface area contributed by atoms with Crippen LogP contribution in [0.5, 0.6) is 5.75 Å². The summed E-state index contributed by atoms with van der Waals surface area (Å²) in [6.07, 6.45) is 1.40. The second-order valence-electron chi connectivity index (χ2n) is 8.03. The predicted molar refractivity (Wildman–Crippen MR) is 93.1 cm³/mol. The summed E-state index contributed by atoms with van der Waals surface area (Å²) in [4.78, 5) is 16.5. The van der Waals surface area contributed by atoms with Crippen molar-refractivity contribution >= 4 is 5.91 Å². The molecule has 2 aromatic rings. The third-order valence-electron chi connectivity index (χ3n) is 3.87. The summed E-state index contributed by atoms with van der Waals surface area (Å²) >= 11 is 0. The molecule has 6 nitrogen and oxygen atoms in total. The molecule has 2 rings (SSSR count). The van der Waals surface area contributed by atoms with E-state index in [2.05, 4.69) is 20.5 Å². The van der Waals surface area contributed by atoms with Crippen molar-refractivity contribution < 1.29 is 9.90 Å². The smallest absolute Gasteiger partial charge is 0.251 e. The van der Waals surface area contributed by atoms with E-state index in [4.69, 9.17) is 0 Å². The second kappa shape index (κ2) is 6.26. The van der Waals surface area contributed by atoms with Crippen LogP contribution in [0.4, 0.5) is 0 Å². The highest BCUT2D eigenvalue weighted by atomic mass is 16.3. The van der Waals surface area contributed by atoms with E-state index in [0.29, 0.717) is 11.4 Å². The lowest BCUT2D eigenvalue weighted by Gasteiger charge is -2.28. The van der Waals surface area contributed by atoms with Gasteiger partial charge in [0.05, 0.1) is 6.54 Å². The first-order valence-corrected chi connectivity index (χ1v) is 8.00. The number of aromatic amines is 1. The molecule has 0 saturated carbocycles. The van der Waals surface area contributed by atoms with Gasteiger partial charge in [-0.2, -0.15) is 5.10 Å². The summed E-state index contributed by atoms with van der Waals surface area (Å²) in [5, 5.41) is 20.0. The first kappa shape index (κ1) is 18.0. The second-order valence-corrected chi connectivity index (χ2v) is 8.03. The summed E-state index contributed by atoms with van der Waals surface area (Å²) in [5.74, 6) is 0.651. The van der Waals surface area contributed by atoms with Crippen molar-refractivity contribution in [3.63, 3.8) is 0 Å². The van der Waals surface area contributed by atoms with Crippen LogP contribution in [-0.4, -0.2) is 26.2 Å². The quantitative estimate of drug-likeness (QED) is 0.807. The van der Waals surface area contributed by atoms with Gasteiger partial charge in [0.15, 0.2) is 0 Å². The van der Waals surface area contributed by atoms with Crippen molar-refractivity contribution in [2.75, 3.05) is 0 Å². The standard InChI is InChI=1S/C18H26N4O2/c1-17(2,3)12-7-11(8-13(15(12)23)18(4,5)6)16(24)19-9-14-20-10-21-22-14/h7-8,10,23H,9H2,1-6H3,(H,19,24)(H,20,21,22). The third kappa shape index (κ3) is 3.93. The molecule has 0 radical (unpaired) electrons. The molecule has 3 N–H and O–H groups in total. The van der Waals surface area contributed by atoms with Crippen LogP contribution in [0.2, 0.25) is 0 Å². The van der Waals surface area contributed by atoms with Crippen LogP contribution in [0, 0.1) is 0 Å². The number of hydrogen-bond acceptors (Lipinski definition) is 4. The molecule has 0 atom stereocenters. The minimum Gasteiger partial charge on any atom is -0.507 e. The Kier molecular flexibility index (Phi) is 4.69. The zero-order chi connectivity index (χ0) is 18.1. The molecule has 130 valence electrons. The van der Waals surface area contributed by atoms with Crippen molar-refractivity contribution in [3.8, 4) is 5.75 Å². The van der Waals surface area contributed by atoms with E-state index < -0.39 is 0 Å². The fraction of sp³-hybridized carbons (Fsp3) is 0.500. The summed E-state index contributed by atoms with van der Waals surface area (Å²) < 4.78 is 0. The van der Waals surface area contributed by atoms with Gasteiger partial charge in [-0.3, -0.25) is 9.89 Å². The summed E-state index contributed by atoms with van der Waals surface area (Å²) in [5.41, 5.74) is 1.51. The fourth-order valence-corrected chi connectivity index (χ4v) is 2.49. The molecule has 6 heteroatoms. The number of H-pyrrole nitrogens is 1. The lowest BCUT2D eigenvalue weighted by atomic mass is 9.78. The van der Waals surface area contributed by atoms with Crippen molar-refractivity contribution in [1.82, 2.24) is 20.5 Å². The molecular formula is C18H26N4O2. The largest absolute Gasteiger partial charge is 0.507 e. The van der Waals surface area contributed by atoms with Crippen LogP contribution in [0.15, 0.2) is 18.5 Å². The van der Waals surface area contributed by atoms with Gasteiger partial charge in [-0.1, -0.05) is 41.5 Å². The Hall–Kier alpha value is -2.37. The molecule has 24 heavy (non-hydrogen) atoms. The Morgan fingerprint density at radius 3 is 2.08 bits per heavy atom. The molecule has 1 amide bonds. The van der Waals surface area contributed by atoms with Gasteiger partial charge in [-0.05, 0) is 23.0 Å². The van der Waals surface area contributed by atoms with E-state index in [9.17, 15) is 9.90 Å². The van der Waals surface area contributed by atoms with Crippen LogP contribution in [0.25, 0.3) is 0 Å². The molecule has 0 aliphatic rings. The Morgan fingerprint density at radius 1 is 1.12 bits per heavy atom.